The van der Waals surface area contributed by atoms with Gasteiger partial charge in [0.2, 0.25) is 0 Å². The van der Waals surface area contributed by atoms with E-state index in [0.717, 1.165) is 13.1 Å². The van der Waals surface area contributed by atoms with Crippen LogP contribution >= 0.6 is 0 Å². The van der Waals surface area contributed by atoms with E-state index in [1.807, 2.05) is 6.08 Å². The summed E-state index contributed by atoms with van der Waals surface area (Å²) in [6.45, 7) is 12.0. The van der Waals surface area contributed by atoms with E-state index in [0.29, 0.717) is 0 Å². The quantitative estimate of drug-likeness (QED) is 0.567. The van der Waals surface area contributed by atoms with Gasteiger partial charge in [-0.05, 0) is 43.0 Å². The van der Waals surface area contributed by atoms with Crippen LogP contribution in [-0.2, 0) is 6.54 Å². The number of nitrogens with one attached hydrogen (secondary N) is 1. The summed E-state index contributed by atoms with van der Waals surface area (Å²) in [5.41, 5.74) is 5.49. The first-order chi connectivity index (χ1) is 6.65. The molecule has 1 aromatic carbocycles. The minimum absolute atomic E-state index is 0.867. The van der Waals surface area contributed by atoms with Gasteiger partial charge >= 0.3 is 0 Å². The van der Waals surface area contributed by atoms with Crippen LogP contribution < -0.4 is 5.32 Å². The van der Waals surface area contributed by atoms with Gasteiger partial charge in [0, 0.05) is 13.1 Å². The van der Waals surface area contributed by atoms with Crippen LogP contribution in [0.3, 0.4) is 0 Å². The van der Waals surface area contributed by atoms with Gasteiger partial charge in [-0.25, -0.2) is 0 Å². The van der Waals surface area contributed by atoms with Crippen molar-refractivity contribution in [2.75, 3.05) is 6.54 Å². The first-order valence-electron chi connectivity index (χ1n) is 5.03. The average molecular weight is 189 g/mol. The van der Waals surface area contributed by atoms with E-state index in [4.69, 9.17) is 0 Å². The maximum atomic E-state index is 3.68. The van der Waals surface area contributed by atoms with Gasteiger partial charge < -0.3 is 5.32 Å². The third kappa shape index (κ3) is 2.71. The molecule has 0 amide bonds. The highest BCUT2D eigenvalue weighted by molar-refractivity contribution is 5.36. The van der Waals surface area contributed by atoms with Gasteiger partial charge in [0.25, 0.3) is 0 Å². The molecule has 14 heavy (non-hydrogen) atoms. The Morgan fingerprint density at radius 3 is 2.43 bits per heavy atom. The predicted molar refractivity (Wildman–Crippen MR) is 62.6 cm³/mol. The molecule has 1 rings (SSSR count). The molecule has 0 bridgehead atoms. The molecule has 1 N–H and O–H groups in total. The number of benzene rings is 1. The van der Waals surface area contributed by atoms with E-state index in [2.05, 4.69) is 44.8 Å². The standard InChI is InChI=1S/C13H19N/c1-5-6-14-9-13-8-11(3)10(2)7-12(13)4/h5,7-8,14H,1,6,9H2,2-4H3. The van der Waals surface area contributed by atoms with Crippen LogP contribution in [0.1, 0.15) is 22.3 Å². The second-order valence-electron chi connectivity index (χ2n) is 3.78. The Morgan fingerprint density at radius 1 is 1.14 bits per heavy atom. The highest BCUT2D eigenvalue weighted by Gasteiger charge is 2.00. The lowest BCUT2D eigenvalue weighted by molar-refractivity contribution is 0.755. The van der Waals surface area contributed by atoms with E-state index in [1.165, 1.54) is 22.3 Å². The van der Waals surface area contributed by atoms with Crippen molar-refractivity contribution in [1.29, 1.82) is 0 Å². The molecule has 0 saturated heterocycles. The topological polar surface area (TPSA) is 12.0 Å². The molecule has 0 aliphatic rings. The first kappa shape index (κ1) is 11.0. The predicted octanol–water partition coefficient (Wildman–Crippen LogP) is 2.89. The normalized spacial score (nSPS) is 10.2. The molecule has 0 aliphatic heterocycles. The Balaban J connectivity index is 2.76. The molecule has 0 aliphatic carbocycles. The first-order valence-corrected chi connectivity index (χ1v) is 5.03. The van der Waals surface area contributed by atoms with Crippen LogP contribution in [0, 0.1) is 20.8 Å². The number of hydrogen-bond donors (Lipinski definition) is 1. The van der Waals surface area contributed by atoms with Crippen molar-refractivity contribution in [3.8, 4) is 0 Å². The van der Waals surface area contributed by atoms with E-state index >= 15 is 0 Å². The highest BCUT2D eigenvalue weighted by Crippen LogP contribution is 2.14. The minimum Gasteiger partial charge on any atom is -0.309 e. The fourth-order valence-electron chi connectivity index (χ4n) is 1.52. The molecule has 1 nitrogen and oxygen atoms in total. The van der Waals surface area contributed by atoms with Crippen LogP contribution in [0.4, 0.5) is 0 Å². The summed E-state index contributed by atoms with van der Waals surface area (Å²) in [4.78, 5) is 0. The van der Waals surface area contributed by atoms with Gasteiger partial charge in [-0.2, -0.15) is 0 Å². The second-order valence-corrected chi connectivity index (χ2v) is 3.78. The van der Waals surface area contributed by atoms with Crippen molar-refractivity contribution in [2.24, 2.45) is 0 Å². The molecular formula is C13H19N. The maximum Gasteiger partial charge on any atom is 0.0211 e. The molecule has 0 radical (unpaired) electrons. The molecule has 0 aromatic heterocycles. The average Bonchev–Trinajstić information content (AvgIpc) is 2.14. The Labute approximate surface area is 86.8 Å². The zero-order valence-corrected chi connectivity index (χ0v) is 9.35. The van der Waals surface area contributed by atoms with Crippen LogP contribution in [0.25, 0.3) is 0 Å². The molecule has 0 unspecified atom stereocenters. The fraction of sp³-hybridized carbons (Fsp3) is 0.385. The van der Waals surface area contributed by atoms with Gasteiger partial charge in [0.05, 0.1) is 0 Å². The van der Waals surface area contributed by atoms with Crippen LogP contribution in [0.2, 0.25) is 0 Å². The third-order valence-corrected chi connectivity index (χ3v) is 2.56. The molecule has 76 valence electrons. The van der Waals surface area contributed by atoms with Crippen LogP contribution in [0.5, 0.6) is 0 Å². The van der Waals surface area contributed by atoms with Crippen molar-refractivity contribution in [3.63, 3.8) is 0 Å². The van der Waals surface area contributed by atoms with E-state index in [-0.39, 0.29) is 0 Å². The Morgan fingerprint density at radius 2 is 1.79 bits per heavy atom. The lowest BCUT2D eigenvalue weighted by Gasteiger charge is -2.09. The largest absolute Gasteiger partial charge is 0.309 e. The van der Waals surface area contributed by atoms with Crippen molar-refractivity contribution in [3.05, 3.63) is 47.0 Å². The molecular weight excluding hydrogens is 170 g/mol. The van der Waals surface area contributed by atoms with Gasteiger partial charge in [-0.1, -0.05) is 18.2 Å². The molecule has 0 heterocycles. The van der Waals surface area contributed by atoms with E-state index < -0.39 is 0 Å². The third-order valence-electron chi connectivity index (χ3n) is 2.56. The zero-order chi connectivity index (χ0) is 10.6. The van der Waals surface area contributed by atoms with Crippen molar-refractivity contribution in [1.82, 2.24) is 5.32 Å². The van der Waals surface area contributed by atoms with Gasteiger partial charge in [-0.15, -0.1) is 6.58 Å². The minimum atomic E-state index is 0.867. The molecule has 0 atom stereocenters. The second kappa shape index (κ2) is 4.97. The van der Waals surface area contributed by atoms with Gasteiger partial charge in [-0.3, -0.25) is 0 Å². The zero-order valence-electron chi connectivity index (χ0n) is 9.35. The fourth-order valence-corrected chi connectivity index (χ4v) is 1.52. The molecule has 0 saturated carbocycles. The summed E-state index contributed by atoms with van der Waals surface area (Å²) in [7, 11) is 0. The Bertz CT molecular complexity index is 326. The summed E-state index contributed by atoms with van der Waals surface area (Å²) < 4.78 is 0. The SMILES string of the molecule is C=CCNCc1cc(C)c(C)cc1C. The summed E-state index contributed by atoms with van der Waals surface area (Å²) in [6, 6.07) is 4.51. The monoisotopic (exact) mass is 189 g/mol. The molecule has 0 fully saturated rings. The van der Waals surface area contributed by atoms with Crippen molar-refractivity contribution in [2.45, 2.75) is 27.3 Å². The smallest absolute Gasteiger partial charge is 0.0211 e. The van der Waals surface area contributed by atoms with E-state index in [1.54, 1.807) is 0 Å². The van der Waals surface area contributed by atoms with Gasteiger partial charge in [0.15, 0.2) is 0 Å². The van der Waals surface area contributed by atoms with E-state index in [9.17, 15) is 0 Å². The van der Waals surface area contributed by atoms with Gasteiger partial charge in [0.1, 0.15) is 0 Å². The molecule has 0 spiro atoms. The number of hydrogen-bond acceptors (Lipinski definition) is 1. The highest BCUT2D eigenvalue weighted by atomic mass is 14.8. The molecule has 1 heteroatoms. The Hall–Kier alpha value is -1.08. The maximum absolute atomic E-state index is 3.68. The Kier molecular flexibility index (Phi) is 3.90. The van der Waals surface area contributed by atoms with Crippen molar-refractivity contribution < 1.29 is 0 Å². The lowest BCUT2D eigenvalue weighted by Crippen LogP contribution is -2.13. The summed E-state index contributed by atoms with van der Waals surface area (Å²) >= 11 is 0. The van der Waals surface area contributed by atoms with Crippen LogP contribution in [0.15, 0.2) is 24.8 Å². The lowest BCUT2D eigenvalue weighted by atomic mass is 10.0. The van der Waals surface area contributed by atoms with Crippen LogP contribution in [-0.4, -0.2) is 6.54 Å². The summed E-state index contributed by atoms with van der Waals surface area (Å²) in [6.07, 6.45) is 1.89. The number of aryl methyl sites for hydroxylation is 3. The van der Waals surface area contributed by atoms with Crippen molar-refractivity contribution >= 4 is 0 Å². The molecule has 1 aromatic rings. The summed E-state index contributed by atoms with van der Waals surface area (Å²) in [5, 5.41) is 3.32. The summed E-state index contributed by atoms with van der Waals surface area (Å²) in [5.74, 6) is 0. The number of rotatable bonds is 4.